The maximum Gasteiger partial charge on any atom is 0.321 e. The van der Waals surface area contributed by atoms with Crippen molar-refractivity contribution < 1.29 is 22.7 Å². The smallest absolute Gasteiger partial charge is 0.321 e. The number of ether oxygens (including phenoxy) is 1. The Balaban J connectivity index is 1.81. The lowest BCUT2D eigenvalue weighted by Crippen LogP contribution is -2.32. The van der Waals surface area contributed by atoms with E-state index in [1.54, 1.807) is 23.9 Å². The molecule has 0 unspecified atom stereocenters. The molecule has 2 aromatic rings. The minimum Gasteiger partial charge on any atom is -0.455 e. The molecule has 0 aromatic heterocycles. The number of hydrogen-bond acceptors (Lipinski definition) is 6. The Morgan fingerprint density at radius 1 is 1.07 bits per heavy atom. The summed E-state index contributed by atoms with van der Waals surface area (Å²) in [5.74, 6) is -1.45. The first-order valence-electron chi connectivity index (χ1n) is 7.75. The Morgan fingerprint density at radius 2 is 1.75 bits per heavy atom. The molecule has 0 bridgehead atoms. The fraction of sp³-hybridized carbons (Fsp3) is 0.176. The highest BCUT2D eigenvalue weighted by Gasteiger charge is 2.18. The van der Waals surface area contributed by atoms with Gasteiger partial charge in [-0.25, -0.2) is 8.42 Å². The number of nitrogens with one attached hydrogen (secondary N) is 2. The molecule has 0 saturated heterocycles. The highest BCUT2D eigenvalue weighted by atomic mass is 35.5. The van der Waals surface area contributed by atoms with Crippen LogP contribution in [0.15, 0.2) is 52.3 Å². The number of amides is 1. The second kappa shape index (κ2) is 10.1. The summed E-state index contributed by atoms with van der Waals surface area (Å²) in [7, 11) is -3.98. The van der Waals surface area contributed by atoms with Gasteiger partial charge in [0.1, 0.15) is 6.54 Å². The van der Waals surface area contributed by atoms with Crippen molar-refractivity contribution in [3.8, 4) is 0 Å². The minimum absolute atomic E-state index is 0.0642. The van der Waals surface area contributed by atoms with Crippen LogP contribution in [-0.2, 0) is 24.3 Å². The van der Waals surface area contributed by atoms with Crippen LogP contribution < -0.4 is 10.0 Å². The number of carbonyl (C=O) groups excluding carboxylic acids is 2. The van der Waals surface area contributed by atoms with E-state index in [0.29, 0.717) is 5.69 Å². The fourth-order valence-corrected chi connectivity index (χ4v) is 3.72. The van der Waals surface area contributed by atoms with Crippen molar-refractivity contribution >= 4 is 62.6 Å². The second-order valence-corrected chi connectivity index (χ2v) is 8.80. The van der Waals surface area contributed by atoms with Crippen LogP contribution in [0, 0.1) is 0 Å². The number of hydrogen-bond donors (Lipinski definition) is 2. The lowest BCUT2D eigenvalue weighted by molar-refractivity contribution is -0.146. The number of sulfonamides is 1. The molecule has 2 rings (SSSR count). The fourth-order valence-electron chi connectivity index (χ4n) is 1.95. The summed E-state index contributed by atoms with van der Waals surface area (Å²) in [6.45, 7) is -1.18. The summed E-state index contributed by atoms with van der Waals surface area (Å²) >= 11 is 13.1. The highest BCUT2D eigenvalue weighted by molar-refractivity contribution is 7.98. The van der Waals surface area contributed by atoms with Crippen LogP contribution in [0.25, 0.3) is 0 Å². The van der Waals surface area contributed by atoms with Crippen molar-refractivity contribution in [2.45, 2.75) is 9.79 Å². The molecule has 11 heteroatoms. The van der Waals surface area contributed by atoms with Gasteiger partial charge in [-0.15, -0.1) is 11.8 Å². The maximum absolute atomic E-state index is 12.1. The van der Waals surface area contributed by atoms with Crippen LogP contribution in [-0.4, -0.2) is 39.7 Å². The van der Waals surface area contributed by atoms with Crippen molar-refractivity contribution in [3.05, 3.63) is 52.5 Å². The van der Waals surface area contributed by atoms with Crippen LogP contribution in [0.2, 0.25) is 10.0 Å². The Kier molecular flexibility index (Phi) is 8.14. The molecule has 0 saturated carbocycles. The van der Waals surface area contributed by atoms with Gasteiger partial charge >= 0.3 is 5.97 Å². The number of thioether (sulfide) groups is 1. The maximum atomic E-state index is 12.1. The van der Waals surface area contributed by atoms with Gasteiger partial charge in [0.2, 0.25) is 10.0 Å². The molecule has 0 atom stereocenters. The SMILES string of the molecule is CSc1ccc(NC(=O)COC(=O)CNS(=O)(=O)c2ccc(Cl)c(Cl)c2)cc1. The van der Waals surface area contributed by atoms with Gasteiger partial charge in [0, 0.05) is 10.6 Å². The van der Waals surface area contributed by atoms with E-state index < -0.39 is 35.1 Å². The Labute approximate surface area is 176 Å². The summed E-state index contributed by atoms with van der Waals surface area (Å²) < 4.78 is 31.1. The first-order chi connectivity index (χ1) is 13.2. The zero-order valence-electron chi connectivity index (χ0n) is 14.6. The third-order valence-electron chi connectivity index (χ3n) is 3.35. The van der Waals surface area contributed by atoms with Gasteiger partial charge in [-0.3, -0.25) is 9.59 Å². The predicted molar refractivity (Wildman–Crippen MR) is 109 cm³/mol. The average molecular weight is 463 g/mol. The molecule has 0 radical (unpaired) electrons. The summed E-state index contributed by atoms with van der Waals surface area (Å²) in [6.07, 6.45) is 1.93. The van der Waals surface area contributed by atoms with Gasteiger partial charge in [-0.2, -0.15) is 4.72 Å². The number of carbonyl (C=O) groups is 2. The van der Waals surface area contributed by atoms with Gasteiger partial charge in [-0.1, -0.05) is 23.2 Å². The van der Waals surface area contributed by atoms with Crippen molar-refractivity contribution in [3.63, 3.8) is 0 Å². The van der Waals surface area contributed by atoms with E-state index in [4.69, 9.17) is 27.9 Å². The summed E-state index contributed by atoms with van der Waals surface area (Å²) in [5, 5.41) is 2.83. The topological polar surface area (TPSA) is 102 Å². The Hall–Kier alpha value is -1.78. The van der Waals surface area contributed by atoms with Gasteiger partial charge in [-0.05, 0) is 48.7 Å². The van der Waals surface area contributed by atoms with E-state index in [2.05, 4.69) is 10.0 Å². The van der Waals surface area contributed by atoms with E-state index in [0.717, 1.165) is 11.0 Å². The molecule has 7 nitrogen and oxygen atoms in total. The van der Waals surface area contributed by atoms with Gasteiger partial charge in [0.25, 0.3) is 5.91 Å². The summed E-state index contributed by atoms with van der Waals surface area (Å²) in [4.78, 5) is 24.4. The first-order valence-corrected chi connectivity index (χ1v) is 11.2. The van der Waals surface area contributed by atoms with Crippen LogP contribution >= 0.6 is 35.0 Å². The molecule has 1 amide bonds. The molecule has 0 spiro atoms. The molecule has 2 N–H and O–H groups in total. The summed E-state index contributed by atoms with van der Waals surface area (Å²) in [5.41, 5.74) is 0.555. The Morgan fingerprint density at radius 3 is 2.36 bits per heavy atom. The highest BCUT2D eigenvalue weighted by Crippen LogP contribution is 2.24. The lowest BCUT2D eigenvalue weighted by atomic mass is 10.3. The van der Waals surface area contributed by atoms with Crippen molar-refractivity contribution in [1.29, 1.82) is 0 Å². The van der Waals surface area contributed by atoms with Gasteiger partial charge < -0.3 is 10.1 Å². The normalized spacial score (nSPS) is 11.1. The Bertz CT molecular complexity index is 966. The third kappa shape index (κ3) is 6.68. The average Bonchev–Trinajstić information content (AvgIpc) is 2.67. The van der Waals surface area contributed by atoms with Crippen molar-refractivity contribution in [2.24, 2.45) is 0 Å². The predicted octanol–water partition coefficient (Wildman–Crippen LogP) is 3.18. The van der Waals surface area contributed by atoms with E-state index in [1.165, 1.54) is 12.1 Å². The van der Waals surface area contributed by atoms with E-state index in [-0.39, 0.29) is 14.9 Å². The number of halogens is 2. The zero-order valence-corrected chi connectivity index (χ0v) is 17.7. The molecule has 150 valence electrons. The minimum atomic E-state index is -3.98. The van der Waals surface area contributed by atoms with Crippen LogP contribution in [0.1, 0.15) is 0 Å². The largest absolute Gasteiger partial charge is 0.455 e. The van der Waals surface area contributed by atoms with Crippen LogP contribution in [0.4, 0.5) is 5.69 Å². The van der Waals surface area contributed by atoms with Crippen LogP contribution in [0.5, 0.6) is 0 Å². The van der Waals surface area contributed by atoms with Gasteiger partial charge in [0.05, 0.1) is 14.9 Å². The van der Waals surface area contributed by atoms with Gasteiger partial charge in [0.15, 0.2) is 6.61 Å². The lowest BCUT2D eigenvalue weighted by Gasteiger charge is -2.09. The molecule has 0 aliphatic rings. The zero-order chi connectivity index (χ0) is 20.7. The number of esters is 1. The molecule has 28 heavy (non-hydrogen) atoms. The standard InChI is InChI=1S/C17H16Cl2N2O5S2/c1-27-12-4-2-11(3-5-12)21-16(22)10-26-17(23)9-20-28(24,25)13-6-7-14(18)15(19)8-13/h2-8,20H,9-10H2,1H3,(H,21,22). The van der Waals surface area contributed by atoms with Crippen molar-refractivity contribution in [2.75, 3.05) is 24.7 Å². The third-order valence-corrected chi connectivity index (χ3v) is 6.23. The first kappa shape index (κ1) is 22.5. The number of rotatable bonds is 8. The molecule has 0 aliphatic heterocycles. The van der Waals surface area contributed by atoms with E-state index in [9.17, 15) is 18.0 Å². The molecule has 2 aromatic carbocycles. The van der Waals surface area contributed by atoms with Crippen LogP contribution in [0.3, 0.4) is 0 Å². The molecule has 0 heterocycles. The molecular weight excluding hydrogens is 447 g/mol. The number of anilines is 1. The van der Waals surface area contributed by atoms with Crippen molar-refractivity contribution in [1.82, 2.24) is 4.72 Å². The quantitative estimate of drug-likeness (QED) is 0.461. The molecule has 0 aliphatic carbocycles. The molecule has 0 fully saturated rings. The summed E-state index contributed by atoms with van der Waals surface area (Å²) in [6, 6.07) is 10.8. The monoisotopic (exact) mass is 462 g/mol. The second-order valence-electron chi connectivity index (χ2n) is 5.34. The van der Waals surface area contributed by atoms with E-state index in [1.807, 2.05) is 18.4 Å². The van der Waals surface area contributed by atoms with E-state index >= 15 is 0 Å². The molecular formula is C17H16Cl2N2O5S2. The number of benzene rings is 2.